The summed E-state index contributed by atoms with van der Waals surface area (Å²) in [4.78, 5) is 15.0. The molecule has 0 aromatic heterocycles. The third-order valence-electron chi connectivity index (χ3n) is 4.08. The Balaban J connectivity index is 3.04. The van der Waals surface area contributed by atoms with Gasteiger partial charge in [0.25, 0.3) is 0 Å². The van der Waals surface area contributed by atoms with Gasteiger partial charge in [0.05, 0.1) is 6.61 Å². The average Bonchev–Trinajstić information content (AvgIpc) is 2.61. The van der Waals surface area contributed by atoms with Gasteiger partial charge < -0.3 is 4.74 Å². The highest BCUT2D eigenvalue weighted by Gasteiger charge is 2.54. The van der Waals surface area contributed by atoms with Crippen LogP contribution in [0.4, 0.5) is 0 Å². The molecular weight excluding hydrogens is 262 g/mol. The van der Waals surface area contributed by atoms with Gasteiger partial charge in [-0.25, -0.2) is 0 Å². The second-order valence-corrected chi connectivity index (χ2v) is 7.08. The Morgan fingerprint density at radius 1 is 1.43 bits per heavy atom. The summed E-state index contributed by atoms with van der Waals surface area (Å²) in [5, 5.41) is 0. The standard InChI is InChI=1S/C18H31NO2/c1-7-9-10-11-19-14-17(5,6)13-18(19,12-15(3)4)16(20)21-8-2/h7H,1,3,8-14H2,2,4-6H3. The fourth-order valence-corrected chi connectivity index (χ4v) is 3.56. The molecule has 0 aliphatic carbocycles. The molecule has 1 unspecified atom stereocenters. The normalized spacial score (nSPS) is 24.8. The Kier molecular flexibility index (Phi) is 6.21. The van der Waals surface area contributed by atoms with Crippen molar-refractivity contribution in [3.8, 4) is 0 Å². The number of unbranched alkanes of at least 4 members (excludes halogenated alkanes) is 1. The van der Waals surface area contributed by atoms with E-state index in [0.29, 0.717) is 13.0 Å². The Labute approximate surface area is 130 Å². The van der Waals surface area contributed by atoms with E-state index >= 15 is 0 Å². The zero-order valence-corrected chi connectivity index (χ0v) is 14.2. The van der Waals surface area contributed by atoms with Crippen molar-refractivity contribution in [3.63, 3.8) is 0 Å². The maximum Gasteiger partial charge on any atom is 0.326 e. The van der Waals surface area contributed by atoms with Crippen LogP contribution in [0.25, 0.3) is 0 Å². The minimum Gasteiger partial charge on any atom is -0.465 e. The highest BCUT2D eigenvalue weighted by molar-refractivity contribution is 5.82. The molecule has 1 atom stereocenters. The SMILES string of the molecule is C=CCCCN1CC(C)(C)CC1(CC(=C)C)C(=O)OCC. The lowest BCUT2D eigenvalue weighted by atomic mass is 9.80. The molecular formula is C18H31NO2. The van der Waals surface area contributed by atoms with Crippen LogP contribution in [0.2, 0.25) is 0 Å². The molecule has 0 aromatic carbocycles. The van der Waals surface area contributed by atoms with Gasteiger partial charge in [-0.2, -0.15) is 0 Å². The number of carbonyl (C=O) groups is 1. The van der Waals surface area contributed by atoms with Gasteiger partial charge >= 0.3 is 5.97 Å². The molecule has 0 radical (unpaired) electrons. The second kappa shape index (κ2) is 7.26. The molecule has 1 fully saturated rings. The van der Waals surface area contributed by atoms with Crippen molar-refractivity contribution in [2.45, 2.75) is 58.9 Å². The molecule has 1 rings (SSSR count). The predicted molar refractivity (Wildman–Crippen MR) is 88.2 cm³/mol. The largest absolute Gasteiger partial charge is 0.465 e. The summed E-state index contributed by atoms with van der Waals surface area (Å²) in [6.45, 7) is 18.4. The summed E-state index contributed by atoms with van der Waals surface area (Å²) in [6, 6.07) is 0. The average molecular weight is 293 g/mol. The van der Waals surface area contributed by atoms with Gasteiger partial charge in [-0.1, -0.05) is 25.5 Å². The molecule has 0 amide bonds. The first-order chi connectivity index (χ1) is 9.77. The van der Waals surface area contributed by atoms with Gasteiger partial charge in [0.1, 0.15) is 5.54 Å². The summed E-state index contributed by atoms with van der Waals surface area (Å²) in [7, 11) is 0. The number of hydrogen-bond donors (Lipinski definition) is 0. The van der Waals surface area contributed by atoms with Crippen molar-refractivity contribution in [2.75, 3.05) is 19.7 Å². The van der Waals surface area contributed by atoms with Gasteiger partial charge in [-0.15, -0.1) is 13.2 Å². The Bertz CT molecular complexity index is 400. The van der Waals surface area contributed by atoms with Gasteiger partial charge in [0, 0.05) is 6.54 Å². The zero-order chi connectivity index (χ0) is 16.1. The quantitative estimate of drug-likeness (QED) is 0.385. The van der Waals surface area contributed by atoms with E-state index in [1.54, 1.807) is 0 Å². The zero-order valence-electron chi connectivity index (χ0n) is 14.2. The number of ether oxygens (including phenoxy) is 1. The molecule has 1 saturated heterocycles. The summed E-state index contributed by atoms with van der Waals surface area (Å²) >= 11 is 0. The molecule has 0 N–H and O–H groups in total. The molecule has 3 nitrogen and oxygen atoms in total. The van der Waals surface area contributed by atoms with Crippen LogP contribution in [-0.4, -0.2) is 36.1 Å². The van der Waals surface area contributed by atoms with Gasteiger partial charge in [0.15, 0.2) is 0 Å². The van der Waals surface area contributed by atoms with Crippen LogP contribution in [0.5, 0.6) is 0 Å². The molecule has 0 bridgehead atoms. The van der Waals surface area contributed by atoms with E-state index < -0.39 is 5.54 Å². The number of esters is 1. The van der Waals surface area contributed by atoms with Crippen molar-refractivity contribution in [1.29, 1.82) is 0 Å². The van der Waals surface area contributed by atoms with Crippen molar-refractivity contribution in [1.82, 2.24) is 4.90 Å². The molecule has 1 heterocycles. The molecule has 120 valence electrons. The maximum atomic E-state index is 12.7. The van der Waals surface area contributed by atoms with Crippen LogP contribution in [-0.2, 0) is 9.53 Å². The predicted octanol–water partition coefficient (Wildman–Crippen LogP) is 3.95. The summed E-state index contributed by atoms with van der Waals surface area (Å²) in [5.41, 5.74) is 0.623. The third kappa shape index (κ3) is 4.44. The fraction of sp³-hybridized carbons (Fsp3) is 0.722. The van der Waals surface area contributed by atoms with Crippen LogP contribution in [0, 0.1) is 5.41 Å². The first-order valence-electron chi connectivity index (χ1n) is 7.95. The lowest BCUT2D eigenvalue weighted by Crippen LogP contribution is -2.51. The number of likely N-dealkylation sites (tertiary alicyclic amines) is 1. The van der Waals surface area contributed by atoms with Crippen molar-refractivity contribution >= 4 is 5.97 Å². The minimum atomic E-state index is -0.535. The van der Waals surface area contributed by atoms with Gasteiger partial charge in [-0.3, -0.25) is 9.69 Å². The summed E-state index contributed by atoms with van der Waals surface area (Å²) in [5.74, 6) is -0.0859. The van der Waals surface area contributed by atoms with Crippen LogP contribution in [0.15, 0.2) is 24.8 Å². The number of allylic oxidation sites excluding steroid dienone is 1. The number of rotatable bonds is 8. The van der Waals surface area contributed by atoms with E-state index in [0.717, 1.165) is 37.9 Å². The Hall–Kier alpha value is -1.09. The second-order valence-electron chi connectivity index (χ2n) is 7.08. The first kappa shape index (κ1) is 18.0. The van der Waals surface area contributed by atoms with E-state index in [9.17, 15) is 4.79 Å². The van der Waals surface area contributed by atoms with E-state index in [-0.39, 0.29) is 11.4 Å². The van der Waals surface area contributed by atoms with Gasteiger partial charge in [0.2, 0.25) is 0 Å². The van der Waals surface area contributed by atoms with Gasteiger partial charge in [-0.05, 0) is 51.5 Å². The lowest BCUT2D eigenvalue weighted by Gasteiger charge is -2.36. The smallest absolute Gasteiger partial charge is 0.326 e. The topological polar surface area (TPSA) is 29.5 Å². The molecule has 3 heteroatoms. The summed E-state index contributed by atoms with van der Waals surface area (Å²) in [6.07, 6.45) is 5.45. The number of carbonyl (C=O) groups excluding carboxylic acids is 1. The molecule has 1 aliphatic rings. The fourth-order valence-electron chi connectivity index (χ4n) is 3.56. The highest BCUT2D eigenvalue weighted by atomic mass is 16.5. The Morgan fingerprint density at radius 2 is 2.10 bits per heavy atom. The molecule has 0 spiro atoms. The van der Waals surface area contributed by atoms with Crippen LogP contribution >= 0.6 is 0 Å². The molecule has 21 heavy (non-hydrogen) atoms. The first-order valence-corrected chi connectivity index (χ1v) is 7.95. The van der Waals surface area contributed by atoms with E-state index in [4.69, 9.17) is 4.74 Å². The monoisotopic (exact) mass is 293 g/mol. The summed E-state index contributed by atoms with van der Waals surface area (Å²) < 4.78 is 5.42. The lowest BCUT2D eigenvalue weighted by molar-refractivity contribution is -0.156. The van der Waals surface area contributed by atoms with Crippen molar-refractivity contribution in [3.05, 3.63) is 24.8 Å². The maximum absolute atomic E-state index is 12.7. The van der Waals surface area contributed by atoms with Crippen LogP contribution in [0.3, 0.4) is 0 Å². The number of nitrogens with zero attached hydrogens (tertiary/aromatic N) is 1. The van der Waals surface area contributed by atoms with E-state index in [1.165, 1.54) is 0 Å². The van der Waals surface area contributed by atoms with Crippen molar-refractivity contribution < 1.29 is 9.53 Å². The number of hydrogen-bond acceptors (Lipinski definition) is 3. The Morgan fingerprint density at radius 3 is 2.62 bits per heavy atom. The van der Waals surface area contributed by atoms with E-state index in [2.05, 4.69) is 31.9 Å². The highest BCUT2D eigenvalue weighted by Crippen LogP contribution is 2.45. The molecule has 1 aliphatic heterocycles. The van der Waals surface area contributed by atoms with Crippen molar-refractivity contribution in [2.24, 2.45) is 5.41 Å². The van der Waals surface area contributed by atoms with Crippen LogP contribution in [0.1, 0.15) is 53.4 Å². The molecule has 0 aromatic rings. The van der Waals surface area contributed by atoms with E-state index in [1.807, 2.05) is 19.9 Å². The minimum absolute atomic E-state index is 0.0859. The third-order valence-corrected chi connectivity index (χ3v) is 4.08. The molecule has 0 saturated carbocycles. The van der Waals surface area contributed by atoms with Crippen LogP contribution < -0.4 is 0 Å².